The lowest BCUT2D eigenvalue weighted by Crippen LogP contribution is -2.38. The summed E-state index contributed by atoms with van der Waals surface area (Å²) in [6.45, 7) is 6.84. The summed E-state index contributed by atoms with van der Waals surface area (Å²) in [7, 11) is 0. The minimum Gasteiger partial charge on any atom is -0.406 e. The van der Waals surface area contributed by atoms with E-state index in [0.29, 0.717) is 17.5 Å². The third-order valence-corrected chi connectivity index (χ3v) is 6.26. The molecular formula is C25H31F3N2O2. The van der Waals surface area contributed by atoms with Crippen LogP contribution in [0, 0.1) is 17.3 Å². The van der Waals surface area contributed by atoms with Crippen molar-refractivity contribution < 1.29 is 22.7 Å². The predicted molar refractivity (Wildman–Crippen MR) is 119 cm³/mol. The molecule has 1 fully saturated rings. The van der Waals surface area contributed by atoms with E-state index >= 15 is 0 Å². The zero-order chi connectivity index (χ0) is 23.4. The Bertz CT molecular complexity index is 869. The number of anilines is 1. The Morgan fingerprint density at radius 3 is 2.06 bits per heavy atom. The third kappa shape index (κ3) is 6.90. The van der Waals surface area contributed by atoms with Crippen molar-refractivity contribution >= 4 is 11.7 Å². The first-order valence-corrected chi connectivity index (χ1v) is 11.0. The Hall–Kier alpha value is -2.70. The van der Waals surface area contributed by atoms with E-state index in [1.807, 2.05) is 30.3 Å². The fourth-order valence-corrected chi connectivity index (χ4v) is 4.50. The number of carbonyl (C=O) groups is 1. The molecule has 2 amide bonds. The van der Waals surface area contributed by atoms with E-state index < -0.39 is 6.36 Å². The highest BCUT2D eigenvalue weighted by atomic mass is 19.4. The van der Waals surface area contributed by atoms with Crippen LogP contribution in [0.5, 0.6) is 5.75 Å². The predicted octanol–water partition coefficient (Wildman–Crippen LogP) is 7.30. The van der Waals surface area contributed by atoms with Crippen LogP contribution in [0.1, 0.15) is 58.1 Å². The number of carbonyl (C=O) groups excluding carboxylic acids is 1. The first-order valence-electron chi connectivity index (χ1n) is 11.0. The maximum Gasteiger partial charge on any atom is 0.573 e. The average molecular weight is 449 g/mol. The molecule has 1 aliphatic carbocycles. The molecule has 3 rings (SSSR count). The number of halogens is 3. The summed E-state index contributed by atoms with van der Waals surface area (Å²) in [5.74, 6) is 0.659. The van der Waals surface area contributed by atoms with E-state index in [1.54, 1.807) is 0 Å². The second kappa shape index (κ2) is 9.84. The minimum absolute atomic E-state index is 0.134. The van der Waals surface area contributed by atoms with Crippen LogP contribution in [-0.4, -0.2) is 12.4 Å². The number of ether oxygens (including phenoxy) is 1. The van der Waals surface area contributed by atoms with Gasteiger partial charge in [0, 0.05) is 5.69 Å². The van der Waals surface area contributed by atoms with Crippen molar-refractivity contribution in [3.63, 3.8) is 0 Å². The van der Waals surface area contributed by atoms with Crippen molar-refractivity contribution in [2.75, 3.05) is 5.32 Å². The summed E-state index contributed by atoms with van der Waals surface area (Å²) in [6.07, 6.45) is -0.430. The molecule has 174 valence electrons. The van der Waals surface area contributed by atoms with Gasteiger partial charge in [-0.25, -0.2) is 4.79 Å². The Morgan fingerprint density at radius 1 is 0.938 bits per heavy atom. The summed E-state index contributed by atoms with van der Waals surface area (Å²) in [6, 6.07) is 14.5. The lowest BCUT2D eigenvalue weighted by Gasteiger charge is -2.39. The summed E-state index contributed by atoms with van der Waals surface area (Å²) < 4.78 is 40.8. The van der Waals surface area contributed by atoms with Gasteiger partial charge in [0.25, 0.3) is 0 Å². The molecule has 4 nitrogen and oxygen atoms in total. The Labute approximate surface area is 187 Å². The van der Waals surface area contributed by atoms with Crippen LogP contribution in [0.3, 0.4) is 0 Å². The first kappa shape index (κ1) is 24.0. The van der Waals surface area contributed by atoms with Gasteiger partial charge in [-0.2, -0.15) is 0 Å². The van der Waals surface area contributed by atoms with E-state index in [4.69, 9.17) is 0 Å². The van der Waals surface area contributed by atoms with Gasteiger partial charge in [0.15, 0.2) is 0 Å². The largest absolute Gasteiger partial charge is 0.573 e. The topological polar surface area (TPSA) is 50.4 Å². The summed E-state index contributed by atoms with van der Waals surface area (Å²) in [5, 5.41) is 5.81. The van der Waals surface area contributed by atoms with E-state index in [-0.39, 0.29) is 23.2 Å². The third-order valence-electron chi connectivity index (χ3n) is 6.26. The quantitative estimate of drug-likeness (QED) is 0.504. The highest BCUT2D eigenvalue weighted by Gasteiger charge is 2.34. The highest BCUT2D eigenvalue weighted by molar-refractivity contribution is 5.89. The Morgan fingerprint density at radius 2 is 1.53 bits per heavy atom. The maximum absolute atomic E-state index is 12.7. The molecule has 0 heterocycles. The van der Waals surface area contributed by atoms with Crippen LogP contribution >= 0.6 is 0 Å². The Balaban J connectivity index is 1.66. The molecule has 0 radical (unpaired) electrons. The van der Waals surface area contributed by atoms with Gasteiger partial charge in [0.2, 0.25) is 0 Å². The summed E-state index contributed by atoms with van der Waals surface area (Å²) in [5.41, 5.74) is 1.72. The molecule has 2 N–H and O–H groups in total. The second-order valence-electron chi connectivity index (χ2n) is 9.54. The molecule has 7 heteroatoms. The highest BCUT2D eigenvalue weighted by Crippen LogP contribution is 2.43. The molecule has 2 aromatic rings. The van der Waals surface area contributed by atoms with Gasteiger partial charge < -0.3 is 15.4 Å². The number of hydrogen-bond acceptors (Lipinski definition) is 2. The van der Waals surface area contributed by atoms with Crippen LogP contribution in [-0.2, 0) is 0 Å². The number of urea groups is 1. The standard InChI is InChI=1S/C25H31F3N2O2/c1-24(2,3)19-11-9-18(10-12-19)22(17-7-5-4-6-8-17)30-23(31)29-20-13-15-21(16-14-20)32-25(26,27)28/h4-8,13-16,18-19,22H,9-12H2,1-3H3,(H2,29,30,31). The zero-order valence-electron chi connectivity index (χ0n) is 18.7. The van der Waals surface area contributed by atoms with Crippen LogP contribution in [0.15, 0.2) is 54.6 Å². The number of alkyl halides is 3. The maximum atomic E-state index is 12.7. The molecular weight excluding hydrogens is 417 g/mol. The summed E-state index contributed by atoms with van der Waals surface area (Å²) in [4.78, 5) is 12.7. The van der Waals surface area contributed by atoms with Gasteiger partial charge >= 0.3 is 12.4 Å². The molecule has 0 spiro atoms. The first-order chi connectivity index (χ1) is 15.0. The van der Waals surface area contributed by atoms with Gasteiger partial charge in [-0.1, -0.05) is 51.1 Å². The molecule has 1 saturated carbocycles. The van der Waals surface area contributed by atoms with Gasteiger partial charge in [0.05, 0.1) is 6.04 Å². The SMILES string of the molecule is CC(C)(C)C1CCC(C(NC(=O)Nc2ccc(OC(F)(F)F)cc2)c2ccccc2)CC1. The van der Waals surface area contributed by atoms with Crippen LogP contribution in [0.2, 0.25) is 0 Å². The number of nitrogens with one attached hydrogen (secondary N) is 2. The number of amides is 2. The second-order valence-corrected chi connectivity index (χ2v) is 9.54. The van der Waals surface area contributed by atoms with Crippen molar-refractivity contribution in [2.45, 2.75) is 58.9 Å². The van der Waals surface area contributed by atoms with E-state index in [2.05, 4.69) is 36.1 Å². The Kier molecular flexibility index (Phi) is 7.36. The molecule has 0 saturated heterocycles. The van der Waals surface area contributed by atoms with Crippen molar-refractivity contribution in [2.24, 2.45) is 17.3 Å². The number of rotatable bonds is 5. The zero-order valence-corrected chi connectivity index (χ0v) is 18.7. The molecule has 2 aromatic carbocycles. The number of benzene rings is 2. The van der Waals surface area contributed by atoms with Crippen molar-refractivity contribution in [3.05, 3.63) is 60.2 Å². The fourth-order valence-electron chi connectivity index (χ4n) is 4.50. The van der Waals surface area contributed by atoms with E-state index in [9.17, 15) is 18.0 Å². The molecule has 0 bridgehead atoms. The summed E-state index contributed by atoms with van der Waals surface area (Å²) >= 11 is 0. The van der Waals surface area contributed by atoms with Gasteiger partial charge in [-0.3, -0.25) is 0 Å². The lowest BCUT2D eigenvalue weighted by atomic mass is 9.68. The van der Waals surface area contributed by atoms with E-state index in [1.165, 1.54) is 24.3 Å². The van der Waals surface area contributed by atoms with Crippen LogP contribution in [0.4, 0.5) is 23.7 Å². The molecule has 1 atom stereocenters. The normalized spacial score (nSPS) is 20.3. The van der Waals surface area contributed by atoms with E-state index in [0.717, 1.165) is 31.2 Å². The van der Waals surface area contributed by atoms with Crippen molar-refractivity contribution in [3.8, 4) is 5.75 Å². The molecule has 0 aliphatic heterocycles. The lowest BCUT2D eigenvalue weighted by molar-refractivity contribution is -0.274. The molecule has 32 heavy (non-hydrogen) atoms. The van der Waals surface area contributed by atoms with Gasteiger partial charge in [-0.05, 0) is 72.8 Å². The van der Waals surface area contributed by atoms with Crippen LogP contribution < -0.4 is 15.4 Å². The smallest absolute Gasteiger partial charge is 0.406 e. The van der Waals surface area contributed by atoms with Crippen LogP contribution in [0.25, 0.3) is 0 Å². The molecule has 0 aromatic heterocycles. The van der Waals surface area contributed by atoms with Gasteiger partial charge in [-0.15, -0.1) is 13.2 Å². The average Bonchev–Trinajstić information content (AvgIpc) is 2.72. The van der Waals surface area contributed by atoms with Crippen molar-refractivity contribution in [1.82, 2.24) is 5.32 Å². The molecule has 1 aliphatic rings. The number of hydrogen-bond donors (Lipinski definition) is 2. The van der Waals surface area contributed by atoms with Gasteiger partial charge in [0.1, 0.15) is 5.75 Å². The van der Waals surface area contributed by atoms with Crippen molar-refractivity contribution in [1.29, 1.82) is 0 Å². The fraction of sp³-hybridized carbons (Fsp3) is 0.480. The monoisotopic (exact) mass is 448 g/mol. The minimum atomic E-state index is -4.75. The molecule has 1 unspecified atom stereocenters.